The zero-order valence-corrected chi connectivity index (χ0v) is 16.0. The summed E-state index contributed by atoms with van der Waals surface area (Å²) in [6, 6.07) is 11.3. The first kappa shape index (κ1) is 18.6. The number of hydrogen-bond donors (Lipinski definition) is 2. The van der Waals surface area contributed by atoms with E-state index in [1.54, 1.807) is 12.1 Å². The van der Waals surface area contributed by atoms with Crippen LogP contribution < -0.4 is 10.8 Å². The van der Waals surface area contributed by atoms with Crippen molar-refractivity contribution in [3.8, 4) is 6.07 Å². The number of nitrogens with one attached hydrogen (secondary N) is 2. The lowest BCUT2D eigenvalue weighted by atomic mass is 9.86. The van der Waals surface area contributed by atoms with E-state index in [-0.39, 0.29) is 11.3 Å². The molecule has 2 N–H and O–H groups in total. The molecule has 0 unspecified atom stereocenters. The number of amides is 1. The van der Waals surface area contributed by atoms with Gasteiger partial charge in [0.1, 0.15) is 5.82 Å². The maximum absolute atomic E-state index is 14.1. The van der Waals surface area contributed by atoms with Crippen LogP contribution in [0.25, 0.3) is 0 Å². The second-order valence-electron chi connectivity index (χ2n) is 6.16. The Morgan fingerprint density at radius 2 is 2.08 bits per heavy atom. The van der Waals surface area contributed by atoms with Gasteiger partial charge in [-0.3, -0.25) is 9.63 Å². The third-order valence-corrected chi connectivity index (χ3v) is 4.97. The summed E-state index contributed by atoms with van der Waals surface area (Å²) in [5.41, 5.74) is 3.64. The van der Waals surface area contributed by atoms with Gasteiger partial charge in [0.2, 0.25) is 0 Å². The average Bonchev–Trinajstić information content (AvgIpc) is 2.59. The number of nitriles is 1. The molecule has 1 aliphatic carbocycles. The van der Waals surface area contributed by atoms with Crippen molar-refractivity contribution in [1.82, 2.24) is 5.48 Å². The van der Waals surface area contributed by atoms with Crippen molar-refractivity contribution in [3.05, 3.63) is 56.9 Å². The van der Waals surface area contributed by atoms with Crippen LogP contribution in [0.2, 0.25) is 0 Å². The topological polar surface area (TPSA) is 74.2 Å². The number of rotatable bonds is 6. The highest BCUT2D eigenvalue weighted by Crippen LogP contribution is 2.27. The van der Waals surface area contributed by atoms with Crippen LogP contribution in [0, 0.1) is 26.6 Å². The largest absolute Gasteiger partial charge is 0.352 e. The van der Waals surface area contributed by atoms with E-state index in [0.29, 0.717) is 23.8 Å². The minimum Gasteiger partial charge on any atom is -0.352 e. The summed E-state index contributed by atoms with van der Waals surface area (Å²) in [5.74, 6) is -0.385. The number of carbonyl (C=O) groups excluding carboxylic acids is 1. The Labute approximate surface area is 164 Å². The Balaban J connectivity index is 1.78. The van der Waals surface area contributed by atoms with E-state index in [2.05, 4.69) is 10.8 Å². The molecule has 0 saturated heterocycles. The number of carbonyl (C=O) groups is 1. The van der Waals surface area contributed by atoms with Crippen molar-refractivity contribution < 1.29 is 14.0 Å². The van der Waals surface area contributed by atoms with Crippen molar-refractivity contribution in [2.75, 3.05) is 11.9 Å². The standard InChI is InChI=1S/C19H17FIN3O2/c20-16-9-14(21)5-7-17(16)23-18-8-13(10-22)4-6-15(18)19(25)24-26-11-12-2-1-3-12/h4-9,12,23H,1-3,11H2,(H,24,25). The molecule has 3 rings (SSSR count). The number of hydroxylamine groups is 1. The van der Waals surface area contributed by atoms with Gasteiger partial charge < -0.3 is 5.32 Å². The molecule has 1 fully saturated rings. The monoisotopic (exact) mass is 465 g/mol. The molecule has 0 aliphatic heterocycles. The first-order valence-corrected chi connectivity index (χ1v) is 9.33. The molecule has 2 aromatic carbocycles. The molecule has 134 valence electrons. The molecule has 2 aromatic rings. The van der Waals surface area contributed by atoms with Gasteiger partial charge in [0.15, 0.2) is 0 Å². The maximum Gasteiger partial charge on any atom is 0.276 e. The van der Waals surface area contributed by atoms with Crippen molar-refractivity contribution in [3.63, 3.8) is 0 Å². The van der Waals surface area contributed by atoms with Gasteiger partial charge in [-0.25, -0.2) is 9.87 Å². The van der Waals surface area contributed by atoms with Crippen LogP contribution in [0.1, 0.15) is 35.2 Å². The van der Waals surface area contributed by atoms with Gasteiger partial charge in [0.25, 0.3) is 5.91 Å². The van der Waals surface area contributed by atoms with Crippen molar-refractivity contribution in [2.45, 2.75) is 19.3 Å². The minimum absolute atomic E-state index is 0.227. The third-order valence-electron chi connectivity index (χ3n) is 4.30. The highest BCUT2D eigenvalue weighted by molar-refractivity contribution is 14.1. The fraction of sp³-hybridized carbons (Fsp3) is 0.263. The summed E-state index contributed by atoms with van der Waals surface area (Å²) in [5, 5.41) is 12.0. The van der Waals surface area contributed by atoms with Gasteiger partial charge in [0.05, 0.1) is 35.2 Å². The molecule has 0 heterocycles. The normalized spacial score (nSPS) is 13.6. The summed E-state index contributed by atoms with van der Waals surface area (Å²) >= 11 is 2.02. The molecule has 26 heavy (non-hydrogen) atoms. The third kappa shape index (κ3) is 4.51. The Bertz CT molecular complexity index is 862. The van der Waals surface area contributed by atoms with Gasteiger partial charge in [-0.2, -0.15) is 5.26 Å². The summed E-state index contributed by atoms with van der Waals surface area (Å²) in [6.45, 7) is 0.483. The van der Waals surface area contributed by atoms with Gasteiger partial charge in [0, 0.05) is 3.57 Å². The Kier molecular flexibility index (Phi) is 6.06. The van der Waals surface area contributed by atoms with E-state index in [1.165, 1.54) is 30.7 Å². The number of nitrogens with zero attached hydrogens (tertiary/aromatic N) is 1. The van der Waals surface area contributed by atoms with Gasteiger partial charge in [-0.1, -0.05) is 6.42 Å². The lowest BCUT2D eigenvalue weighted by molar-refractivity contribution is 0.00324. The SMILES string of the molecule is N#Cc1ccc(C(=O)NOCC2CCC2)c(Nc2ccc(I)cc2F)c1. The van der Waals surface area contributed by atoms with E-state index < -0.39 is 11.7 Å². The van der Waals surface area contributed by atoms with Gasteiger partial charge in [-0.05, 0) is 77.7 Å². The number of halogens is 2. The second kappa shape index (κ2) is 8.47. The zero-order chi connectivity index (χ0) is 18.5. The molecule has 1 amide bonds. The van der Waals surface area contributed by atoms with Crippen LogP contribution in [0.15, 0.2) is 36.4 Å². The molecule has 1 saturated carbocycles. The Morgan fingerprint density at radius 1 is 1.27 bits per heavy atom. The van der Waals surface area contributed by atoms with E-state index in [9.17, 15) is 9.18 Å². The van der Waals surface area contributed by atoms with Crippen LogP contribution >= 0.6 is 22.6 Å². The number of anilines is 2. The summed E-state index contributed by atoms with van der Waals surface area (Å²) in [4.78, 5) is 17.7. The van der Waals surface area contributed by atoms with E-state index in [4.69, 9.17) is 10.1 Å². The molecule has 0 bridgehead atoms. The quantitative estimate of drug-likeness (QED) is 0.487. The Hall–Kier alpha value is -2.18. The smallest absolute Gasteiger partial charge is 0.276 e. The lowest BCUT2D eigenvalue weighted by Crippen LogP contribution is -2.29. The van der Waals surface area contributed by atoms with Crippen LogP contribution in [-0.2, 0) is 4.84 Å². The molecule has 0 radical (unpaired) electrons. The molecule has 0 atom stereocenters. The highest BCUT2D eigenvalue weighted by atomic mass is 127. The molecule has 5 nitrogen and oxygen atoms in total. The van der Waals surface area contributed by atoms with Gasteiger partial charge >= 0.3 is 0 Å². The fourth-order valence-corrected chi connectivity index (χ4v) is 3.04. The highest BCUT2D eigenvalue weighted by Gasteiger charge is 2.19. The van der Waals surface area contributed by atoms with Crippen LogP contribution in [-0.4, -0.2) is 12.5 Å². The summed E-state index contributed by atoms with van der Waals surface area (Å²) < 4.78 is 14.9. The second-order valence-corrected chi connectivity index (χ2v) is 7.41. The molecular weight excluding hydrogens is 448 g/mol. The summed E-state index contributed by atoms with van der Waals surface area (Å²) in [6.07, 6.45) is 3.44. The van der Waals surface area contributed by atoms with Crippen molar-refractivity contribution >= 4 is 39.9 Å². The molecular formula is C19H17FIN3O2. The number of hydrogen-bond acceptors (Lipinski definition) is 4. The van der Waals surface area contributed by atoms with Crippen LogP contribution in [0.5, 0.6) is 0 Å². The van der Waals surface area contributed by atoms with Crippen molar-refractivity contribution in [2.24, 2.45) is 5.92 Å². The molecule has 0 aromatic heterocycles. The van der Waals surface area contributed by atoms with E-state index in [1.807, 2.05) is 28.7 Å². The molecule has 0 spiro atoms. The molecule has 1 aliphatic rings. The predicted molar refractivity (Wildman–Crippen MR) is 104 cm³/mol. The maximum atomic E-state index is 14.1. The average molecular weight is 465 g/mol. The minimum atomic E-state index is -0.442. The first-order valence-electron chi connectivity index (χ1n) is 8.25. The first-order chi connectivity index (χ1) is 12.6. The number of benzene rings is 2. The Morgan fingerprint density at radius 3 is 2.73 bits per heavy atom. The lowest BCUT2D eigenvalue weighted by Gasteiger charge is -2.24. The van der Waals surface area contributed by atoms with Crippen LogP contribution in [0.4, 0.5) is 15.8 Å². The van der Waals surface area contributed by atoms with Crippen molar-refractivity contribution in [1.29, 1.82) is 5.26 Å². The molecule has 7 heteroatoms. The zero-order valence-electron chi connectivity index (χ0n) is 13.9. The summed E-state index contributed by atoms with van der Waals surface area (Å²) in [7, 11) is 0. The van der Waals surface area contributed by atoms with Gasteiger partial charge in [-0.15, -0.1) is 0 Å². The fourth-order valence-electron chi connectivity index (χ4n) is 2.59. The van der Waals surface area contributed by atoms with Crippen LogP contribution in [0.3, 0.4) is 0 Å². The van der Waals surface area contributed by atoms with E-state index >= 15 is 0 Å². The predicted octanol–water partition coefficient (Wildman–Crippen LogP) is 4.51. The van der Waals surface area contributed by atoms with E-state index in [0.717, 1.165) is 16.4 Å².